The molecule has 0 amide bonds. The van der Waals surface area contributed by atoms with Crippen molar-refractivity contribution < 1.29 is 0 Å². The zero-order valence-electron chi connectivity index (χ0n) is 16.5. The Hall–Kier alpha value is -1.91. The molecule has 1 rings (SSSR count). The predicted molar refractivity (Wildman–Crippen MR) is 110 cm³/mol. The molecule has 138 valence electrons. The molecule has 0 heterocycles. The van der Waals surface area contributed by atoms with Gasteiger partial charge in [0.2, 0.25) is 0 Å². The van der Waals surface area contributed by atoms with Crippen LogP contribution in [0.5, 0.6) is 0 Å². The molecular weight excluding hydrogens is 308 g/mol. The summed E-state index contributed by atoms with van der Waals surface area (Å²) < 4.78 is 0. The number of hydrogen-bond donors (Lipinski definition) is 1. The van der Waals surface area contributed by atoms with E-state index in [4.69, 9.17) is 5.84 Å². The quantitative estimate of drug-likeness (QED) is 0.224. The summed E-state index contributed by atoms with van der Waals surface area (Å²) in [7, 11) is 2.02. The molecule has 0 fully saturated rings. The number of hydrogen-bond acceptors (Lipinski definition) is 3. The molecule has 0 aliphatic heterocycles. The van der Waals surface area contributed by atoms with Crippen molar-refractivity contribution in [2.75, 3.05) is 26.7 Å². The van der Waals surface area contributed by atoms with E-state index in [2.05, 4.69) is 74.0 Å². The summed E-state index contributed by atoms with van der Waals surface area (Å²) in [6.45, 7) is 10.8. The van der Waals surface area contributed by atoms with Gasteiger partial charge in [-0.15, -0.1) is 0 Å². The van der Waals surface area contributed by atoms with Crippen molar-refractivity contribution >= 4 is 6.34 Å². The van der Waals surface area contributed by atoms with Crippen LogP contribution >= 0.6 is 0 Å². The number of rotatable bonds is 9. The minimum atomic E-state index is 0.712. The molecule has 0 bridgehead atoms. The molecule has 2 N–H and O–H groups in total. The Balaban J connectivity index is 2.70. The first-order chi connectivity index (χ1) is 11.9. The van der Waals surface area contributed by atoms with Crippen LogP contribution in [-0.2, 0) is 0 Å². The van der Waals surface area contributed by atoms with Gasteiger partial charge in [0.15, 0.2) is 0 Å². The van der Waals surface area contributed by atoms with Crippen LogP contribution in [0, 0.1) is 0 Å². The van der Waals surface area contributed by atoms with Crippen molar-refractivity contribution in [1.29, 1.82) is 0 Å². The Morgan fingerprint density at radius 3 is 2.64 bits per heavy atom. The van der Waals surface area contributed by atoms with Gasteiger partial charge in [-0.1, -0.05) is 36.0 Å². The maximum atomic E-state index is 6.11. The van der Waals surface area contributed by atoms with Crippen molar-refractivity contribution in [2.45, 2.75) is 40.5 Å². The summed E-state index contributed by atoms with van der Waals surface area (Å²) in [6.07, 6.45) is 17.1. The molecule has 0 atom stereocenters. The second kappa shape index (κ2) is 11.6. The molecule has 0 unspecified atom stereocenters. The van der Waals surface area contributed by atoms with Crippen LogP contribution in [0.15, 0.2) is 63.9 Å². The largest absolute Gasteiger partial charge is 0.366 e. The Kier molecular flexibility index (Phi) is 9.81. The Morgan fingerprint density at radius 1 is 1.28 bits per heavy atom. The van der Waals surface area contributed by atoms with Crippen molar-refractivity contribution in [3.8, 4) is 0 Å². The minimum absolute atomic E-state index is 0.712. The fourth-order valence-electron chi connectivity index (χ4n) is 2.30. The maximum absolute atomic E-state index is 6.11. The topological polar surface area (TPSA) is 44.9 Å². The molecule has 0 aromatic heterocycles. The van der Waals surface area contributed by atoms with Gasteiger partial charge in [0.05, 0.1) is 12.0 Å². The number of allylic oxidation sites excluding steroid dienone is 6. The SMILES string of the molecule is CCN(C)C=N/C(C=C(C)C)=C(C)/C=C/CN(N)CC1=CCCC=C1. The third kappa shape index (κ3) is 9.22. The molecule has 0 aromatic rings. The third-order valence-electron chi connectivity index (χ3n) is 3.89. The standard InChI is InChI=1S/C21H34N4/c1-6-24(5)17-23-21(15-18(2)3)19(4)11-10-14-25(22)16-20-12-8-7-9-13-20/h8,10-13,15,17H,6-7,9,14,16,22H2,1-5H3/b11-10+,21-19+,23-17?. The normalized spacial score (nSPS) is 15.7. The molecule has 1 aliphatic rings. The molecule has 4 heteroatoms. The van der Waals surface area contributed by atoms with E-state index < -0.39 is 0 Å². The predicted octanol–water partition coefficient (Wildman–Crippen LogP) is 4.21. The van der Waals surface area contributed by atoms with Gasteiger partial charge in [-0.3, -0.25) is 5.84 Å². The van der Waals surface area contributed by atoms with E-state index in [0.29, 0.717) is 6.54 Å². The van der Waals surface area contributed by atoms with E-state index in [9.17, 15) is 0 Å². The highest BCUT2D eigenvalue weighted by Gasteiger charge is 2.02. The van der Waals surface area contributed by atoms with Gasteiger partial charge in [0.1, 0.15) is 0 Å². The van der Waals surface area contributed by atoms with Gasteiger partial charge in [-0.05, 0) is 57.8 Å². The van der Waals surface area contributed by atoms with E-state index in [-0.39, 0.29) is 0 Å². The lowest BCUT2D eigenvalue weighted by molar-refractivity contribution is 0.344. The van der Waals surface area contributed by atoms with Crippen molar-refractivity contribution in [3.05, 3.63) is 58.9 Å². The molecule has 0 saturated carbocycles. The third-order valence-corrected chi connectivity index (χ3v) is 3.89. The van der Waals surface area contributed by atoms with Gasteiger partial charge in [-0.25, -0.2) is 10.0 Å². The van der Waals surface area contributed by atoms with Gasteiger partial charge in [0, 0.05) is 26.7 Å². The monoisotopic (exact) mass is 342 g/mol. The fraction of sp³-hybridized carbons (Fsp3) is 0.476. The number of nitrogens with two attached hydrogens (primary N) is 1. The molecule has 1 aliphatic carbocycles. The van der Waals surface area contributed by atoms with Crippen LogP contribution < -0.4 is 5.84 Å². The van der Waals surface area contributed by atoms with E-state index in [1.54, 1.807) is 0 Å². The van der Waals surface area contributed by atoms with Gasteiger partial charge in [-0.2, -0.15) is 0 Å². The smallest absolute Gasteiger partial charge is 0.0909 e. The van der Waals surface area contributed by atoms with Crippen LogP contribution in [0.2, 0.25) is 0 Å². The van der Waals surface area contributed by atoms with Crippen LogP contribution in [0.3, 0.4) is 0 Å². The number of nitrogens with zero attached hydrogens (tertiary/aromatic N) is 3. The van der Waals surface area contributed by atoms with E-state index in [1.165, 1.54) is 11.1 Å². The van der Waals surface area contributed by atoms with Crippen LogP contribution in [-0.4, -0.2) is 42.9 Å². The lowest BCUT2D eigenvalue weighted by atomic mass is 10.1. The highest BCUT2D eigenvalue weighted by molar-refractivity contribution is 5.58. The van der Waals surface area contributed by atoms with Gasteiger partial charge >= 0.3 is 0 Å². The molecule has 0 aromatic carbocycles. The first-order valence-corrected chi connectivity index (χ1v) is 9.04. The zero-order valence-corrected chi connectivity index (χ0v) is 16.5. The minimum Gasteiger partial charge on any atom is -0.366 e. The molecule has 4 nitrogen and oxygen atoms in total. The van der Waals surface area contributed by atoms with Crippen LogP contribution in [0.4, 0.5) is 0 Å². The second-order valence-electron chi connectivity index (χ2n) is 6.70. The highest BCUT2D eigenvalue weighted by Crippen LogP contribution is 2.12. The fourth-order valence-corrected chi connectivity index (χ4v) is 2.30. The maximum Gasteiger partial charge on any atom is 0.0909 e. The lowest BCUT2D eigenvalue weighted by Crippen LogP contribution is -2.32. The summed E-state index contributed by atoms with van der Waals surface area (Å²) in [4.78, 5) is 6.67. The van der Waals surface area contributed by atoms with Crippen molar-refractivity contribution in [3.63, 3.8) is 0 Å². The van der Waals surface area contributed by atoms with Crippen LogP contribution in [0.1, 0.15) is 40.5 Å². The summed E-state index contributed by atoms with van der Waals surface area (Å²) >= 11 is 0. The highest BCUT2D eigenvalue weighted by atomic mass is 15.4. The number of hydrazine groups is 1. The summed E-state index contributed by atoms with van der Waals surface area (Å²) in [5.74, 6) is 6.11. The van der Waals surface area contributed by atoms with Gasteiger partial charge in [0.25, 0.3) is 0 Å². The first kappa shape index (κ1) is 21.1. The Morgan fingerprint density at radius 2 is 2.04 bits per heavy atom. The molecular formula is C21H34N4. The second-order valence-corrected chi connectivity index (χ2v) is 6.70. The average Bonchev–Trinajstić information content (AvgIpc) is 2.58. The lowest BCUT2D eigenvalue weighted by Gasteiger charge is -2.16. The van der Waals surface area contributed by atoms with Crippen molar-refractivity contribution in [1.82, 2.24) is 9.91 Å². The average molecular weight is 343 g/mol. The summed E-state index contributed by atoms with van der Waals surface area (Å²) in [5.41, 5.74) is 4.65. The Bertz CT molecular complexity index is 587. The molecule has 0 radical (unpaired) electrons. The Labute approximate surface area is 153 Å². The number of aliphatic imine (C=N–C) groups is 1. The van der Waals surface area contributed by atoms with Gasteiger partial charge < -0.3 is 4.90 Å². The molecule has 0 saturated heterocycles. The van der Waals surface area contributed by atoms with Crippen molar-refractivity contribution in [2.24, 2.45) is 10.8 Å². The summed E-state index contributed by atoms with van der Waals surface area (Å²) in [5, 5.41) is 1.83. The van der Waals surface area contributed by atoms with E-state index in [1.807, 2.05) is 18.4 Å². The summed E-state index contributed by atoms with van der Waals surface area (Å²) in [6, 6.07) is 0. The van der Waals surface area contributed by atoms with E-state index >= 15 is 0 Å². The first-order valence-electron chi connectivity index (χ1n) is 9.04. The van der Waals surface area contributed by atoms with Crippen LogP contribution in [0.25, 0.3) is 0 Å². The van der Waals surface area contributed by atoms with E-state index in [0.717, 1.165) is 37.2 Å². The zero-order chi connectivity index (χ0) is 18.7. The molecule has 25 heavy (non-hydrogen) atoms. The molecule has 0 spiro atoms.